The molecule has 0 bridgehead atoms. The van der Waals surface area contributed by atoms with Gasteiger partial charge in [0.15, 0.2) is 11.5 Å². The Hall–Kier alpha value is -2.30. The highest BCUT2D eigenvalue weighted by Crippen LogP contribution is 2.39. The van der Waals surface area contributed by atoms with Gasteiger partial charge in [-0.1, -0.05) is 30.6 Å². The van der Waals surface area contributed by atoms with Gasteiger partial charge < -0.3 is 14.6 Å². The quantitative estimate of drug-likeness (QED) is 0.940. The first-order valence-electron chi connectivity index (χ1n) is 7.57. The number of carbonyl (C=O) groups is 1. The highest BCUT2D eigenvalue weighted by Gasteiger charge is 2.28. The van der Waals surface area contributed by atoms with Crippen LogP contribution in [0.15, 0.2) is 22.7 Å². The van der Waals surface area contributed by atoms with Crippen LogP contribution in [0.4, 0.5) is 0 Å². The Morgan fingerprint density at radius 3 is 3.00 bits per heavy atom. The number of fused-ring (bicyclic) bond motifs is 3. The third-order valence-corrected chi connectivity index (χ3v) is 3.76. The van der Waals surface area contributed by atoms with Crippen molar-refractivity contribution >= 4 is 5.91 Å². The van der Waals surface area contributed by atoms with E-state index in [4.69, 9.17) is 9.26 Å². The molecule has 0 saturated carbocycles. The minimum Gasteiger partial charge on any atom is -0.488 e. The Morgan fingerprint density at radius 1 is 1.41 bits per heavy atom. The van der Waals surface area contributed by atoms with E-state index in [-0.39, 0.29) is 5.91 Å². The molecule has 116 valence electrons. The van der Waals surface area contributed by atoms with Gasteiger partial charge in [0.2, 0.25) is 0 Å². The molecule has 0 unspecified atom stereocenters. The van der Waals surface area contributed by atoms with Gasteiger partial charge >= 0.3 is 0 Å². The molecule has 5 nitrogen and oxygen atoms in total. The van der Waals surface area contributed by atoms with E-state index in [2.05, 4.69) is 24.3 Å². The van der Waals surface area contributed by atoms with Crippen molar-refractivity contribution in [3.63, 3.8) is 0 Å². The zero-order valence-electron chi connectivity index (χ0n) is 13.1. The minimum absolute atomic E-state index is 0.203. The molecule has 1 aromatic carbocycles. The topological polar surface area (TPSA) is 64.4 Å². The van der Waals surface area contributed by atoms with Crippen LogP contribution in [0.3, 0.4) is 0 Å². The number of ether oxygens (including phenoxy) is 1. The maximum Gasteiger partial charge on any atom is 0.273 e. The average molecular weight is 300 g/mol. The number of benzene rings is 1. The van der Waals surface area contributed by atoms with Crippen molar-refractivity contribution in [2.24, 2.45) is 5.92 Å². The maximum atomic E-state index is 12.2. The number of nitrogens with zero attached hydrogens (tertiary/aromatic N) is 1. The third kappa shape index (κ3) is 2.71. The zero-order chi connectivity index (χ0) is 15.7. The van der Waals surface area contributed by atoms with E-state index in [0.29, 0.717) is 30.5 Å². The lowest BCUT2D eigenvalue weighted by molar-refractivity contribution is 0.0941. The SMILES string of the molecule is Cc1ccc2c(c1)-c1onc(C(=O)NCCC(C)C)c1CO2. The van der Waals surface area contributed by atoms with Crippen LogP contribution in [0.5, 0.6) is 5.75 Å². The van der Waals surface area contributed by atoms with Gasteiger partial charge in [0.25, 0.3) is 5.91 Å². The lowest BCUT2D eigenvalue weighted by Crippen LogP contribution is -2.27. The van der Waals surface area contributed by atoms with Crippen LogP contribution in [-0.2, 0) is 6.61 Å². The Kier molecular flexibility index (Phi) is 3.88. The molecule has 5 heteroatoms. The summed E-state index contributed by atoms with van der Waals surface area (Å²) in [6, 6.07) is 5.89. The highest BCUT2D eigenvalue weighted by atomic mass is 16.5. The summed E-state index contributed by atoms with van der Waals surface area (Å²) in [4.78, 5) is 12.2. The summed E-state index contributed by atoms with van der Waals surface area (Å²) in [6.07, 6.45) is 0.935. The summed E-state index contributed by atoms with van der Waals surface area (Å²) in [5.74, 6) is 1.75. The first-order valence-corrected chi connectivity index (χ1v) is 7.57. The summed E-state index contributed by atoms with van der Waals surface area (Å²) in [5.41, 5.74) is 3.01. The van der Waals surface area contributed by atoms with E-state index >= 15 is 0 Å². The number of hydrogen-bond acceptors (Lipinski definition) is 4. The van der Waals surface area contributed by atoms with Crippen molar-refractivity contribution in [3.05, 3.63) is 35.0 Å². The molecule has 1 amide bonds. The fourth-order valence-corrected chi connectivity index (χ4v) is 2.49. The van der Waals surface area contributed by atoms with Crippen molar-refractivity contribution in [3.8, 4) is 17.1 Å². The van der Waals surface area contributed by atoms with Crippen molar-refractivity contribution in [1.82, 2.24) is 10.5 Å². The number of amides is 1. The lowest BCUT2D eigenvalue weighted by atomic mass is 10.0. The molecule has 1 N–H and O–H groups in total. The van der Waals surface area contributed by atoms with Crippen LogP contribution in [0, 0.1) is 12.8 Å². The molecular formula is C17H20N2O3. The molecule has 0 fully saturated rings. The molecule has 0 radical (unpaired) electrons. The van der Waals surface area contributed by atoms with Gasteiger partial charge in [-0.3, -0.25) is 4.79 Å². The zero-order valence-corrected chi connectivity index (χ0v) is 13.1. The number of aryl methyl sites for hydroxylation is 1. The van der Waals surface area contributed by atoms with Crippen molar-refractivity contribution in [2.45, 2.75) is 33.8 Å². The van der Waals surface area contributed by atoms with Gasteiger partial charge in [-0.2, -0.15) is 0 Å². The van der Waals surface area contributed by atoms with Crippen LogP contribution >= 0.6 is 0 Å². The van der Waals surface area contributed by atoms with Crippen molar-refractivity contribution in [1.29, 1.82) is 0 Å². The van der Waals surface area contributed by atoms with Gasteiger partial charge in [-0.25, -0.2) is 0 Å². The number of hydrogen-bond donors (Lipinski definition) is 1. The predicted molar refractivity (Wildman–Crippen MR) is 82.8 cm³/mol. The molecule has 2 heterocycles. The maximum absolute atomic E-state index is 12.2. The van der Waals surface area contributed by atoms with Crippen LogP contribution < -0.4 is 10.1 Å². The molecule has 1 aliphatic heterocycles. The average Bonchev–Trinajstić information content (AvgIpc) is 2.91. The second-order valence-electron chi connectivity index (χ2n) is 6.07. The molecule has 1 aromatic heterocycles. The number of rotatable bonds is 4. The Labute approximate surface area is 129 Å². The van der Waals surface area contributed by atoms with Gasteiger partial charge in [0.05, 0.1) is 11.1 Å². The van der Waals surface area contributed by atoms with Crippen LogP contribution in [-0.4, -0.2) is 17.6 Å². The number of aromatic nitrogens is 1. The molecular weight excluding hydrogens is 280 g/mol. The van der Waals surface area contributed by atoms with E-state index in [1.807, 2.05) is 25.1 Å². The molecule has 0 spiro atoms. The second-order valence-corrected chi connectivity index (χ2v) is 6.07. The van der Waals surface area contributed by atoms with Crippen LogP contribution in [0.1, 0.15) is 41.9 Å². The number of nitrogens with one attached hydrogen (secondary N) is 1. The van der Waals surface area contributed by atoms with Crippen molar-refractivity contribution in [2.75, 3.05) is 6.54 Å². The normalized spacial score (nSPS) is 12.5. The summed E-state index contributed by atoms with van der Waals surface area (Å²) < 4.78 is 11.1. The molecule has 3 rings (SSSR count). The van der Waals surface area contributed by atoms with Crippen LogP contribution in [0.2, 0.25) is 0 Å². The first kappa shape index (κ1) is 14.6. The minimum atomic E-state index is -0.203. The van der Waals surface area contributed by atoms with Crippen LogP contribution in [0.25, 0.3) is 11.3 Å². The summed E-state index contributed by atoms with van der Waals surface area (Å²) in [7, 11) is 0. The highest BCUT2D eigenvalue weighted by molar-refractivity contribution is 5.95. The van der Waals surface area contributed by atoms with Gasteiger partial charge in [-0.05, 0) is 31.4 Å². The van der Waals surface area contributed by atoms with E-state index in [1.165, 1.54) is 0 Å². The summed E-state index contributed by atoms with van der Waals surface area (Å²) >= 11 is 0. The van der Waals surface area contributed by atoms with Gasteiger partial charge in [0, 0.05) is 6.54 Å². The van der Waals surface area contributed by atoms with E-state index in [0.717, 1.165) is 28.9 Å². The predicted octanol–water partition coefficient (Wildman–Crippen LogP) is 3.32. The standard InChI is InChI=1S/C17H20N2O3/c1-10(2)6-7-18-17(20)15-13-9-21-14-5-4-11(3)8-12(14)16(13)22-19-15/h4-5,8,10H,6-7,9H2,1-3H3,(H,18,20). The lowest BCUT2D eigenvalue weighted by Gasteiger charge is -2.16. The molecule has 2 aromatic rings. The Morgan fingerprint density at radius 2 is 2.23 bits per heavy atom. The summed E-state index contributed by atoms with van der Waals surface area (Å²) in [6.45, 7) is 7.19. The van der Waals surface area contributed by atoms with E-state index in [1.54, 1.807) is 0 Å². The molecule has 1 aliphatic rings. The Bertz CT molecular complexity index is 704. The molecule has 0 aliphatic carbocycles. The Balaban J connectivity index is 1.84. The summed E-state index contributed by atoms with van der Waals surface area (Å²) in [5, 5.41) is 6.84. The fourth-order valence-electron chi connectivity index (χ4n) is 2.49. The van der Waals surface area contributed by atoms with E-state index in [9.17, 15) is 4.79 Å². The molecule has 0 saturated heterocycles. The van der Waals surface area contributed by atoms with E-state index < -0.39 is 0 Å². The smallest absolute Gasteiger partial charge is 0.273 e. The molecule has 0 atom stereocenters. The first-order chi connectivity index (χ1) is 10.6. The third-order valence-electron chi connectivity index (χ3n) is 3.76. The fraction of sp³-hybridized carbons (Fsp3) is 0.412. The molecule has 22 heavy (non-hydrogen) atoms. The number of carbonyl (C=O) groups excluding carboxylic acids is 1. The largest absolute Gasteiger partial charge is 0.488 e. The monoisotopic (exact) mass is 300 g/mol. The second kappa shape index (κ2) is 5.83. The van der Waals surface area contributed by atoms with Gasteiger partial charge in [-0.15, -0.1) is 0 Å². The van der Waals surface area contributed by atoms with Gasteiger partial charge in [0.1, 0.15) is 12.4 Å². The van der Waals surface area contributed by atoms with Crippen molar-refractivity contribution < 1.29 is 14.1 Å².